The number of rotatable bonds is 5. The van der Waals surface area contributed by atoms with Crippen LogP contribution in [0.2, 0.25) is 5.02 Å². The Kier molecular flexibility index (Phi) is 4.84. The summed E-state index contributed by atoms with van der Waals surface area (Å²) in [6.45, 7) is 2.31. The van der Waals surface area contributed by atoms with Crippen LogP contribution in [-0.4, -0.2) is 24.8 Å². The minimum absolute atomic E-state index is 0.385. The van der Waals surface area contributed by atoms with E-state index in [0.717, 1.165) is 6.08 Å². The number of carbonyl (C=O) groups is 1. The Labute approximate surface area is 104 Å². The molecule has 0 radical (unpaired) electrons. The topological polar surface area (TPSA) is 55.8 Å². The van der Waals surface area contributed by atoms with Crippen molar-refractivity contribution in [1.29, 1.82) is 0 Å². The SMILES string of the molecule is CCOc1c(Cl)cc(/C=C/C(=O)O)cc1OC. The van der Waals surface area contributed by atoms with Crippen LogP contribution >= 0.6 is 11.6 Å². The second-order valence-corrected chi connectivity index (χ2v) is 3.55. The highest BCUT2D eigenvalue weighted by atomic mass is 35.5. The third kappa shape index (κ3) is 3.67. The summed E-state index contributed by atoms with van der Waals surface area (Å²) in [5.41, 5.74) is 0.637. The molecule has 0 aliphatic carbocycles. The standard InChI is InChI=1S/C12H13ClO4/c1-3-17-12-9(13)6-8(4-5-11(14)15)7-10(12)16-2/h4-7H,3H2,1-2H3,(H,14,15)/b5-4+. The van der Waals surface area contributed by atoms with E-state index < -0.39 is 5.97 Å². The molecule has 1 aromatic carbocycles. The van der Waals surface area contributed by atoms with Gasteiger partial charge in [-0.2, -0.15) is 0 Å². The highest BCUT2D eigenvalue weighted by Crippen LogP contribution is 2.36. The molecule has 0 spiro atoms. The molecule has 0 heterocycles. The van der Waals surface area contributed by atoms with E-state index in [1.165, 1.54) is 13.2 Å². The molecule has 1 N–H and O–H groups in total. The van der Waals surface area contributed by atoms with Gasteiger partial charge in [-0.05, 0) is 30.7 Å². The quantitative estimate of drug-likeness (QED) is 0.823. The maximum absolute atomic E-state index is 10.4. The molecule has 0 saturated carbocycles. The molecule has 0 bridgehead atoms. The van der Waals surface area contributed by atoms with Gasteiger partial charge in [-0.25, -0.2) is 4.79 Å². The molecule has 4 nitrogen and oxygen atoms in total. The predicted molar refractivity (Wildman–Crippen MR) is 65.8 cm³/mol. The molecule has 0 aliphatic heterocycles. The summed E-state index contributed by atoms with van der Waals surface area (Å²) < 4.78 is 10.5. The molecule has 0 unspecified atom stereocenters. The monoisotopic (exact) mass is 256 g/mol. The fourth-order valence-corrected chi connectivity index (χ4v) is 1.56. The van der Waals surface area contributed by atoms with E-state index >= 15 is 0 Å². The molecule has 0 atom stereocenters. The fourth-order valence-electron chi connectivity index (χ4n) is 1.29. The van der Waals surface area contributed by atoms with Gasteiger partial charge in [0.05, 0.1) is 18.7 Å². The second-order valence-electron chi connectivity index (χ2n) is 3.14. The van der Waals surface area contributed by atoms with Gasteiger partial charge in [-0.1, -0.05) is 11.6 Å². The summed E-state index contributed by atoms with van der Waals surface area (Å²) in [7, 11) is 1.50. The normalized spacial score (nSPS) is 10.5. The molecule has 0 aliphatic rings. The molecule has 5 heteroatoms. The first-order valence-electron chi connectivity index (χ1n) is 4.99. The molecular weight excluding hydrogens is 244 g/mol. The van der Waals surface area contributed by atoms with Gasteiger partial charge in [-0.15, -0.1) is 0 Å². The average molecular weight is 257 g/mol. The van der Waals surface area contributed by atoms with E-state index in [4.69, 9.17) is 26.2 Å². The van der Waals surface area contributed by atoms with Crippen LogP contribution in [0.25, 0.3) is 6.08 Å². The highest BCUT2D eigenvalue weighted by Gasteiger charge is 2.10. The third-order valence-electron chi connectivity index (χ3n) is 1.96. The van der Waals surface area contributed by atoms with Gasteiger partial charge in [0.25, 0.3) is 0 Å². The largest absolute Gasteiger partial charge is 0.493 e. The van der Waals surface area contributed by atoms with Gasteiger partial charge in [-0.3, -0.25) is 0 Å². The molecule has 0 fully saturated rings. The molecule has 1 aromatic rings. The van der Waals surface area contributed by atoms with Crippen molar-refractivity contribution < 1.29 is 19.4 Å². The molecule has 0 saturated heterocycles. The van der Waals surface area contributed by atoms with Crippen LogP contribution in [0.5, 0.6) is 11.5 Å². The zero-order valence-electron chi connectivity index (χ0n) is 9.57. The van der Waals surface area contributed by atoms with Gasteiger partial charge >= 0.3 is 5.97 Å². The van der Waals surface area contributed by atoms with E-state index in [1.807, 2.05) is 6.92 Å². The maximum Gasteiger partial charge on any atom is 0.328 e. The molecule has 17 heavy (non-hydrogen) atoms. The number of benzene rings is 1. The summed E-state index contributed by atoms with van der Waals surface area (Å²) in [5, 5.41) is 8.92. The molecule has 0 aromatic heterocycles. The predicted octanol–water partition coefficient (Wildman–Crippen LogP) is 2.85. The Morgan fingerprint density at radius 3 is 2.76 bits per heavy atom. The Morgan fingerprint density at radius 2 is 2.24 bits per heavy atom. The van der Waals surface area contributed by atoms with E-state index in [2.05, 4.69) is 0 Å². The number of carboxylic acids is 1. The van der Waals surface area contributed by atoms with Crippen molar-refractivity contribution in [3.8, 4) is 11.5 Å². The Balaban J connectivity index is 3.12. The summed E-state index contributed by atoms with van der Waals surface area (Å²) in [5.74, 6) is -0.0810. The zero-order valence-corrected chi connectivity index (χ0v) is 10.3. The minimum Gasteiger partial charge on any atom is -0.493 e. The van der Waals surface area contributed by atoms with E-state index in [9.17, 15) is 4.79 Å². The number of ether oxygens (including phenoxy) is 2. The molecule has 92 valence electrons. The first kappa shape index (κ1) is 13.4. The lowest BCUT2D eigenvalue weighted by Crippen LogP contribution is -1.96. The van der Waals surface area contributed by atoms with Crippen LogP contribution in [0.15, 0.2) is 18.2 Å². The summed E-state index contributed by atoms with van der Waals surface area (Å²) in [6, 6.07) is 3.28. The van der Waals surface area contributed by atoms with Crippen molar-refractivity contribution in [2.45, 2.75) is 6.92 Å². The van der Waals surface area contributed by atoms with E-state index in [-0.39, 0.29) is 0 Å². The van der Waals surface area contributed by atoms with Crippen molar-refractivity contribution in [3.63, 3.8) is 0 Å². The Hall–Kier alpha value is -1.68. The van der Waals surface area contributed by atoms with E-state index in [0.29, 0.717) is 28.7 Å². The fraction of sp³-hybridized carbons (Fsp3) is 0.250. The molecule has 1 rings (SSSR count). The van der Waals surface area contributed by atoms with Gasteiger partial charge in [0.2, 0.25) is 0 Å². The lowest BCUT2D eigenvalue weighted by atomic mass is 10.2. The number of hydrogen-bond acceptors (Lipinski definition) is 3. The lowest BCUT2D eigenvalue weighted by Gasteiger charge is -2.11. The van der Waals surface area contributed by atoms with Gasteiger partial charge < -0.3 is 14.6 Å². The first-order chi connectivity index (χ1) is 8.08. The molecular formula is C12H13ClO4. The van der Waals surface area contributed by atoms with Crippen molar-refractivity contribution >= 4 is 23.6 Å². The van der Waals surface area contributed by atoms with Crippen LogP contribution in [0.1, 0.15) is 12.5 Å². The maximum atomic E-state index is 10.4. The number of carboxylic acid groups (broad SMARTS) is 1. The van der Waals surface area contributed by atoms with Crippen molar-refractivity contribution in [2.75, 3.05) is 13.7 Å². The van der Waals surface area contributed by atoms with Crippen LogP contribution < -0.4 is 9.47 Å². The van der Waals surface area contributed by atoms with Gasteiger partial charge in [0, 0.05) is 6.08 Å². The first-order valence-corrected chi connectivity index (χ1v) is 5.37. The number of aliphatic carboxylic acids is 1. The summed E-state index contributed by atoms with van der Waals surface area (Å²) in [6.07, 6.45) is 2.47. The van der Waals surface area contributed by atoms with Crippen molar-refractivity contribution in [2.24, 2.45) is 0 Å². The summed E-state index contributed by atoms with van der Waals surface area (Å²) >= 11 is 6.02. The van der Waals surface area contributed by atoms with Crippen LogP contribution in [0.3, 0.4) is 0 Å². The highest BCUT2D eigenvalue weighted by molar-refractivity contribution is 6.32. The van der Waals surface area contributed by atoms with Crippen LogP contribution in [0, 0.1) is 0 Å². The Morgan fingerprint density at radius 1 is 1.53 bits per heavy atom. The number of hydrogen-bond donors (Lipinski definition) is 1. The van der Waals surface area contributed by atoms with Crippen LogP contribution in [-0.2, 0) is 4.79 Å². The number of methoxy groups -OCH3 is 1. The van der Waals surface area contributed by atoms with E-state index in [1.54, 1.807) is 12.1 Å². The zero-order chi connectivity index (χ0) is 12.8. The Bertz CT molecular complexity index is 440. The van der Waals surface area contributed by atoms with Crippen LogP contribution in [0.4, 0.5) is 0 Å². The van der Waals surface area contributed by atoms with Gasteiger partial charge in [0.1, 0.15) is 0 Å². The van der Waals surface area contributed by atoms with Crippen molar-refractivity contribution in [3.05, 3.63) is 28.8 Å². The lowest BCUT2D eigenvalue weighted by molar-refractivity contribution is -0.131. The summed E-state index contributed by atoms with van der Waals surface area (Å²) in [4.78, 5) is 10.4. The smallest absolute Gasteiger partial charge is 0.328 e. The average Bonchev–Trinajstić information content (AvgIpc) is 2.29. The minimum atomic E-state index is -1.02. The second kappa shape index (κ2) is 6.15. The third-order valence-corrected chi connectivity index (χ3v) is 2.24. The number of halogens is 1. The van der Waals surface area contributed by atoms with Gasteiger partial charge in [0.15, 0.2) is 11.5 Å². The molecule has 0 amide bonds. The van der Waals surface area contributed by atoms with Crippen molar-refractivity contribution in [1.82, 2.24) is 0 Å².